The third-order valence-corrected chi connectivity index (χ3v) is 3.76. The molecule has 2 aromatic carbocycles. The van der Waals surface area contributed by atoms with E-state index in [1.165, 1.54) is 40.2 Å². The van der Waals surface area contributed by atoms with Crippen LogP contribution in [0.3, 0.4) is 0 Å². The highest BCUT2D eigenvalue weighted by molar-refractivity contribution is 6.04. The van der Waals surface area contributed by atoms with E-state index in [0.717, 1.165) is 0 Å². The van der Waals surface area contributed by atoms with E-state index in [0.29, 0.717) is 34.1 Å². The van der Waals surface area contributed by atoms with Crippen LogP contribution in [0.4, 0.5) is 0 Å². The third kappa shape index (κ3) is 6.63. The normalized spacial score (nSPS) is 10.8. The number of benzene rings is 2. The van der Waals surface area contributed by atoms with Crippen LogP contribution in [0.5, 0.6) is 23.0 Å². The molecule has 0 bridgehead atoms. The Morgan fingerprint density at radius 2 is 1.07 bits per heavy atom. The molecule has 0 amide bonds. The predicted molar refractivity (Wildman–Crippen MR) is 112 cm³/mol. The van der Waals surface area contributed by atoms with E-state index in [2.05, 4.69) is 0 Å². The fraction of sp³-hybridized carbons (Fsp3) is 0.174. The number of carbonyl (C=O) groups excluding carboxylic acids is 3. The largest absolute Gasteiger partial charge is 0.493 e. The number of ether oxygens (including phenoxy) is 4. The predicted octanol–water partition coefficient (Wildman–Crippen LogP) is 3.85. The standard InChI is InChI=1S/C23H22O7/c1-15(24)29-20-11-7-17(13-22(20)27-3)5-9-19(26)10-6-18-8-12-21(30-16(2)25)23(14-18)28-4/h5-14H,1-4H3. The Morgan fingerprint density at radius 1 is 0.667 bits per heavy atom. The Morgan fingerprint density at radius 3 is 1.40 bits per heavy atom. The summed E-state index contributed by atoms with van der Waals surface area (Å²) in [6.07, 6.45) is 6.05. The summed E-state index contributed by atoms with van der Waals surface area (Å²) in [5.74, 6) is 0.245. The Balaban J connectivity index is 2.09. The highest BCUT2D eigenvalue weighted by Crippen LogP contribution is 2.29. The molecule has 0 saturated heterocycles. The van der Waals surface area contributed by atoms with E-state index < -0.39 is 11.9 Å². The molecule has 0 aliphatic heterocycles. The van der Waals surface area contributed by atoms with Gasteiger partial charge in [0, 0.05) is 13.8 Å². The minimum absolute atomic E-state index is 0.235. The second kappa shape index (κ2) is 10.6. The zero-order valence-electron chi connectivity index (χ0n) is 17.1. The van der Waals surface area contributed by atoms with E-state index in [1.54, 1.807) is 48.6 Å². The van der Waals surface area contributed by atoms with Crippen molar-refractivity contribution < 1.29 is 33.3 Å². The van der Waals surface area contributed by atoms with Crippen LogP contribution in [0, 0.1) is 0 Å². The van der Waals surface area contributed by atoms with Gasteiger partial charge in [0.15, 0.2) is 28.8 Å². The SMILES string of the molecule is COc1cc(C=CC(=O)C=Cc2ccc(OC(C)=O)c(OC)c2)ccc1OC(C)=O. The van der Waals surface area contributed by atoms with Crippen LogP contribution >= 0.6 is 0 Å². The van der Waals surface area contributed by atoms with Gasteiger partial charge in [0.25, 0.3) is 0 Å². The molecule has 0 unspecified atom stereocenters. The minimum atomic E-state index is -0.450. The number of hydrogen-bond donors (Lipinski definition) is 0. The van der Waals surface area contributed by atoms with Gasteiger partial charge in [0.2, 0.25) is 0 Å². The first-order chi connectivity index (χ1) is 14.3. The molecule has 30 heavy (non-hydrogen) atoms. The maximum atomic E-state index is 12.1. The quantitative estimate of drug-likeness (QED) is 0.371. The molecule has 156 valence electrons. The Kier molecular flexibility index (Phi) is 7.93. The lowest BCUT2D eigenvalue weighted by molar-refractivity contribution is -0.132. The zero-order valence-corrected chi connectivity index (χ0v) is 17.1. The zero-order chi connectivity index (χ0) is 22.1. The first kappa shape index (κ1) is 22.4. The van der Waals surface area contributed by atoms with Crippen LogP contribution in [-0.4, -0.2) is 31.9 Å². The highest BCUT2D eigenvalue weighted by atomic mass is 16.6. The molecule has 0 atom stereocenters. The van der Waals surface area contributed by atoms with Crippen molar-refractivity contribution in [1.29, 1.82) is 0 Å². The topological polar surface area (TPSA) is 88.1 Å². The molecule has 0 spiro atoms. The van der Waals surface area contributed by atoms with Gasteiger partial charge in [-0.15, -0.1) is 0 Å². The summed E-state index contributed by atoms with van der Waals surface area (Å²) in [4.78, 5) is 34.4. The molecule has 7 nitrogen and oxygen atoms in total. The van der Waals surface area contributed by atoms with Crippen molar-refractivity contribution in [2.24, 2.45) is 0 Å². The number of esters is 2. The summed E-state index contributed by atoms with van der Waals surface area (Å²) in [6, 6.07) is 9.91. The van der Waals surface area contributed by atoms with E-state index >= 15 is 0 Å². The number of ketones is 1. The molecule has 2 rings (SSSR count). The summed E-state index contributed by atoms with van der Waals surface area (Å²) in [7, 11) is 2.93. The van der Waals surface area contributed by atoms with Crippen molar-refractivity contribution in [3.8, 4) is 23.0 Å². The number of hydrogen-bond acceptors (Lipinski definition) is 7. The molecule has 0 aromatic heterocycles. The van der Waals surface area contributed by atoms with Crippen molar-refractivity contribution in [1.82, 2.24) is 0 Å². The van der Waals surface area contributed by atoms with Crippen molar-refractivity contribution in [2.45, 2.75) is 13.8 Å². The van der Waals surface area contributed by atoms with Gasteiger partial charge in [-0.3, -0.25) is 14.4 Å². The number of rotatable bonds is 8. The lowest BCUT2D eigenvalue weighted by Gasteiger charge is -2.08. The van der Waals surface area contributed by atoms with Crippen LogP contribution in [-0.2, 0) is 14.4 Å². The fourth-order valence-corrected chi connectivity index (χ4v) is 2.47. The summed E-state index contributed by atoms with van der Waals surface area (Å²) in [6.45, 7) is 2.61. The third-order valence-electron chi connectivity index (χ3n) is 3.76. The van der Waals surface area contributed by atoms with Crippen LogP contribution in [0.25, 0.3) is 12.2 Å². The van der Waals surface area contributed by atoms with E-state index in [9.17, 15) is 14.4 Å². The molecule has 7 heteroatoms. The first-order valence-electron chi connectivity index (χ1n) is 8.95. The van der Waals surface area contributed by atoms with E-state index in [1.807, 2.05) is 0 Å². The highest BCUT2D eigenvalue weighted by Gasteiger charge is 2.08. The number of allylic oxidation sites excluding steroid dienone is 2. The lowest BCUT2D eigenvalue weighted by atomic mass is 10.1. The smallest absolute Gasteiger partial charge is 0.308 e. The maximum Gasteiger partial charge on any atom is 0.308 e. The summed E-state index contributed by atoms with van der Waals surface area (Å²) in [5.41, 5.74) is 1.41. The molecule has 0 heterocycles. The summed E-state index contributed by atoms with van der Waals surface area (Å²) < 4.78 is 20.5. The molecular weight excluding hydrogens is 388 g/mol. The average Bonchev–Trinajstić information content (AvgIpc) is 2.71. The monoisotopic (exact) mass is 410 g/mol. The van der Waals surface area contributed by atoms with Crippen molar-refractivity contribution in [3.05, 3.63) is 59.7 Å². The molecule has 0 aliphatic rings. The van der Waals surface area contributed by atoms with Crippen LogP contribution < -0.4 is 18.9 Å². The molecule has 2 aromatic rings. The molecule has 0 fully saturated rings. The van der Waals surface area contributed by atoms with Crippen molar-refractivity contribution in [2.75, 3.05) is 14.2 Å². The van der Waals surface area contributed by atoms with Gasteiger partial charge < -0.3 is 18.9 Å². The van der Waals surface area contributed by atoms with Crippen molar-refractivity contribution >= 4 is 29.9 Å². The van der Waals surface area contributed by atoms with Crippen molar-refractivity contribution in [3.63, 3.8) is 0 Å². The second-order valence-corrected chi connectivity index (χ2v) is 6.08. The first-order valence-corrected chi connectivity index (χ1v) is 8.95. The van der Waals surface area contributed by atoms with Crippen LogP contribution in [0.15, 0.2) is 48.6 Å². The van der Waals surface area contributed by atoms with Crippen LogP contribution in [0.1, 0.15) is 25.0 Å². The Bertz CT molecular complexity index is 923. The van der Waals surface area contributed by atoms with Gasteiger partial charge in [0.1, 0.15) is 0 Å². The van der Waals surface area contributed by atoms with Gasteiger partial charge >= 0.3 is 11.9 Å². The number of carbonyl (C=O) groups is 3. The number of methoxy groups -OCH3 is 2. The average molecular weight is 410 g/mol. The minimum Gasteiger partial charge on any atom is -0.493 e. The Hall–Kier alpha value is -3.87. The van der Waals surface area contributed by atoms with E-state index in [-0.39, 0.29) is 5.78 Å². The summed E-state index contributed by atoms with van der Waals surface area (Å²) in [5, 5.41) is 0. The van der Waals surface area contributed by atoms with Gasteiger partial charge in [-0.05, 0) is 47.5 Å². The lowest BCUT2D eigenvalue weighted by Crippen LogP contribution is -2.03. The van der Waals surface area contributed by atoms with Crippen LogP contribution in [0.2, 0.25) is 0 Å². The fourth-order valence-electron chi connectivity index (χ4n) is 2.47. The maximum absolute atomic E-state index is 12.1. The van der Waals surface area contributed by atoms with Gasteiger partial charge in [0.05, 0.1) is 14.2 Å². The Labute approximate surface area is 174 Å². The van der Waals surface area contributed by atoms with E-state index in [4.69, 9.17) is 18.9 Å². The molecule has 0 aliphatic carbocycles. The molecule has 0 radical (unpaired) electrons. The summed E-state index contributed by atoms with van der Waals surface area (Å²) >= 11 is 0. The van der Waals surface area contributed by atoms with Gasteiger partial charge in [-0.25, -0.2) is 0 Å². The molecule has 0 saturated carbocycles. The molecule has 0 N–H and O–H groups in total. The van der Waals surface area contributed by atoms with Gasteiger partial charge in [-0.1, -0.05) is 24.3 Å². The second-order valence-electron chi connectivity index (χ2n) is 6.08. The molecular formula is C23H22O7. The van der Waals surface area contributed by atoms with Gasteiger partial charge in [-0.2, -0.15) is 0 Å².